The maximum absolute atomic E-state index is 11.0. The van der Waals surface area contributed by atoms with E-state index in [-0.39, 0.29) is 11.3 Å². The van der Waals surface area contributed by atoms with E-state index in [0.717, 1.165) is 6.42 Å². The number of ether oxygens (including phenoxy) is 2. The third-order valence-corrected chi connectivity index (χ3v) is 2.83. The van der Waals surface area contributed by atoms with E-state index in [1.54, 1.807) is 6.07 Å². The smallest absolute Gasteiger partial charge is 0.275 e. The summed E-state index contributed by atoms with van der Waals surface area (Å²) in [5.74, 6) is 0.503. The Morgan fingerprint density at radius 2 is 2.00 bits per heavy atom. The van der Waals surface area contributed by atoms with Crippen molar-refractivity contribution in [2.75, 3.05) is 25.1 Å². The topological polar surface area (TPSA) is 73.6 Å². The molecule has 1 aromatic rings. The van der Waals surface area contributed by atoms with Crippen LogP contribution in [0.5, 0.6) is 5.75 Å². The summed E-state index contributed by atoms with van der Waals surface area (Å²) in [6, 6.07) is 4.71. The van der Waals surface area contributed by atoms with Crippen LogP contribution in [-0.2, 0) is 4.74 Å². The molecule has 0 aliphatic heterocycles. The summed E-state index contributed by atoms with van der Waals surface area (Å²) in [7, 11) is 0. The van der Waals surface area contributed by atoms with Crippen LogP contribution in [-0.4, -0.2) is 30.3 Å². The Balaban J connectivity index is 2.84. The van der Waals surface area contributed by atoms with Crippen LogP contribution >= 0.6 is 0 Å². The van der Waals surface area contributed by atoms with Crippen molar-refractivity contribution in [3.8, 4) is 5.75 Å². The molecule has 0 saturated heterocycles. The van der Waals surface area contributed by atoms with Crippen molar-refractivity contribution in [1.29, 1.82) is 0 Å². The highest BCUT2D eigenvalue weighted by Crippen LogP contribution is 2.26. The first-order valence-electron chi connectivity index (χ1n) is 7.18. The van der Waals surface area contributed by atoms with E-state index in [1.807, 2.05) is 27.7 Å². The highest BCUT2D eigenvalue weighted by Gasteiger charge is 2.18. The number of nitro groups is 1. The molecule has 0 saturated carbocycles. The van der Waals surface area contributed by atoms with Crippen molar-refractivity contribution in [2.45, 2.75) is 39.7 Å². The number of nitrogens with one attached hydrogen (secondary N) is 1. The van der Waals surface area contributed by atoms with Crippen LogP contribution < -0.4 is 10.1 Å². The Morgan fingerprint density at radius 1 is 1.29 bits per heavy atom. The first kappa shape index (κ1) is 17.2. The van der Waals surface area contributed by atoms with Gasteiger partial charge >= 0.3 is 0 Å². The van der Waals surface area contributed by atoms with Crippen LogP contribution in [0.2, 0.25) is 0 Å². The summed E-state index contributed by atoms with van der Waals surface area (Å²) in [6.07, 6.45) is 0.850. The van der Waals surface area contributed by atoms with Gasteiger partial charge in [-0.3, -0.25) is 10.1 Å². The average Bonchev–Trinajstić information content (AvgIpc) is 2.43. The van der Waals surface area contributed by atoms with E-state index < -0.39 is 4.92 Å². The summed E-state index contributed by atoms with van der Waals surface area (Å²) in [5, 5.41) is 14.2. The lowest BCUT2D eigenvalue weighted by Gasteiger charge is -2.25. The lowest BCUT2D eigenvalue weighted by molar-refractivity contribution is -0.384. The van der Waals surface area contributed by atoms with E-state index in [0.29, 0.717) is 31.2 Å². The minimum Gasteiger partial charge on any atom is -0.493 e. The molecule has 0 amide bonds. The van der Waals surface area contributed by atoms with Gasteiger partial charge in [-0.2, -0.15) is 0 Å². The second-order valence-corrected chi connectivity index (χ2v) is 5.37. The molecule has 1 rings (SSSR count). The molecule has 0 radical (unpaired) electrons. The van der Waals surface area contributed by atoms with E-state index in [2.05, 4.69) is 5.32 Å². The van der Waals surface area contributed by atoms with Crippen molar-refractivity contribution in [3.05, 3.63) is 28.3 Å². The fourth-order valence-electron chi connectivity index (χ4n) is 1.85. The van der Waals surface area contributed by atoms with Crippen LogP contribution in [0.1, 0.15) is 34.1 Å². The molecule has 0 unspecified atom stereocenters. The van der Waals surface area contributed by atoms with Gasteiger partial charge < -0.3 is 14.8 Å². The molecule has 0 atom stereocenters. The maximum Gasteiger partial charge on any atom is 0.275 e. The van der Waals surface area contributed by atoms with E-state index in [4.69, 9.17) is 9.47 Å². The van der Waals surface area contributed by atoms with Gasteiger partial charge in [-0.1, -0.05) is 6.92 Å². The largest absolute Gasteiger partial charge is 0.493 e. The van der Waals surface area contributed by atoms with Gasteiger partial charge in [0.2, 0.25) is 0 Å². The van der Waals surface area contributed by atoms with Gasteiger partial charge in [0.05, 0.1) is 23.2 Å². The Labute approximate surface area is 125 Å². The summed E-state index contributed by atoms with van der Waals surface area (Å²) in [6.45, 7) is 9.56. The lowest BCUT2D eigenvalue weighted by atomic mass is 10.1. The number of hydrogen-bond donors (Lipinski definition) is 1. The molecule has 0 fully saturated rings. The monoisotopic (exact) mass is 296 g/mol. The predicted molar refractivity (Wildman–Crippen MR) is 83.1 cm³/mol. The van der Waals surface area contributed by atoms with Gasteiger partial charge in [0.1, 0.15) is 5.75 Å². The number of rotatable bonds is 9. The molecule has 0 aliphatic carbocycles. The van der Waals surface area contributed by atoms with Gasteiger partial charge in [0, 0.05) is 31.0 Å². The lowest BCUT2D eigenvalue weighted by Crippen LogP contribution is -2.33. The Kier molecular flexibility index (Phi) is 6.42. The Morgan fingerprint density at radius 3 is 2.57 bits per heavy atom. The molecule has 6 heteroatoms. The number of non-ortho nitro benzene ring substituents is 1. The summed E-state index contributed by atoms with van der Waals surface area (Å²) >= 11 is 0. The standard InChI is InChI=1S/C15H24N2O4/c1-5-7-20-14-9-12(8-13(10-14)17(18)19)16-11-15(3,4)21-6-2/h8-10,16H,5-7,11H2,1-4H3. The van der Waals surface area contributed by atoms with Crippen molar-refractivity contribution in [1.82, 2.24) is 0 Å². The molecule has 0 heterocycles. The van der Waals surface area contributed by atoms with Gasteiger partial charge in [0.25, 0.3) is 5.69 Å². The minimum absolute atomic E-state index is 0.0142. The van der Waals surface area contributed by atoms with Gasteiger partial charge in [0.15, 0.2) is 0 Å². The molecular formula is C15H24N2O4. The van der Waals surface area contributed by atoms with Crippen LogP contribution in [0.4, 0.5) is 11.4 Å². The molecule has 0 bridgehead atoms. The highest BCUT2D eigenvalue weighted by atomic mass is 16.6. The van der Waals surface area contributed by atoms with Gasteiger partial charge in [-0.15, -0.1) is 0 Å². The SMILES string of the molecule is CCCOc1cc(NCC(C)(C)OCC)cc([N+](=O)[O-])c1. The van der Waals surface area contributed by atoms with Crippen LogP contribution in [0.25, 0.3) is 0 Å². The molecule has 0 aliphatic rings. The van der Waals surface area contributed by atoms with Gasteiger partial charge in [-0.05, 0) is 27.2 Å². The highest BCUT2D eigenvalue weighted by molar-refractivity contribution is 5.56. The molecule has 0 aromatic heterocycles. The summed E-state index contributed by atoms with van der Waals surface area (Å²) in [4.78, 5) is 10.6. The van der Waals surface area contributed by atoms with Crippen LogP contribution in [0, 0.1) is 10.1 Å². The number of nitrogens with zero attached hydrogens (tertiary/aromatic N) is 1. The molecule has 118 valence electrons. The number of nitro benzene ring substituents is 1. The third kappa shape index (κ3) is 5.99. The van der Waals surface area contributed by atoms with Crippen molar-refractivity contribution < 1.29 is 14.4 Å². The second-order valence-electron chi connectivity index (χ2n) is 5.37. The molecule has 6 nitrogen and oxygen atoms in total. The third-order valence-electron chi connectivity index (χ3n) is 2.83. The van der Waals surface area contributed by atoms with E-state index >= 15 is 0 Å². The minimum atomic E-state index is -0.419. The number of anilines is 1. The quantitative estimate of drug-likeness (QED) is 0.556. The van der Waals surface area contributed by atoms with Crippen molar-refractivity contribution >= 4 is 11.4 Å². The molecule has 1 N–H and O–H groups in total. The molecule has 0 spiro atoms. The molecule has 21 heavy (non-hydrogen) atoms. The number of benzene rings is 1. The molecule has 1 aromatic carbocycles. The van der Waals surface area contributed by atoms with Crippen LogP contribution in [0.3, 0.4) is 0 Å². The van der Waals surface area contributed by atoms with E-state index in [1.165, 1.54) is 12.1 Å². The fourth-order valence-corrected chi connectivity index (χ4v) is 1.85. The van der Waals surface area contributed by atoms with Crippen LogP contribution in [0.15, 0.2) is 18.2 Å². The zero-order chi connectivity index (χ0) is 15.9. The van der Waals surface area contributed by atoms with E-state index in [9.17, 15) is 10.1 Å². The first-order chi connectivity index (χ1) is 9.88. The second kappa shape index (κ2) is 7.83. The van der Waals surface area contributed by atoms with Crippen molar-refractivity contribution in [3.63, 3.8) is 0 Å². The van der Waals surface area contributed by atoms with Crippen molar-refractivity contribution in [2.24, 2.45) is 0 Å². The van der Waals surface area contributed by atoms with Gasteiger partial charge in [-0.25, -0.2) is 0 Å². The normalized spacial score (nSPS) is 11.2. The number of hydrogen-bond acceptors (Lipinski definition) is 5. The predicted octanol–water partition coefficient (Wildman–Crippen LogP) is 3.61. The molecular weight excluding hydrogens is 272 g/mol. The first-order valence-corrected chi connectivity index (χ1v) is 7.18. The maximum atomic E-state index is 11.0. The summed E-state index contributed by atoms with van der Waals surface area (Å²) in [5.41, 5.74) is 0.326. The Bertz CT molecular complexity index is 475. The zero-order valence-corrected chi connectivity index (χ0v) is 13.1. The summed E-state index contributed by atoms with van der Waals surface area (Å²) < 4.78 is 11.1. The Hall–Kier alpha value is -1.82. The zero-order valence-electron chi connectivity index (χ0n) is 13.1. The fraction of sp³-hybridized carbons (Fsp3) is 0.600. The average molecular weight is 296 g/mol.